The Morgan fingerprint density at radius 3 is 2.12 bits per heavy atom. The maximum atomic E-state index is 12.5. The molecule has 1 N–H and O–H groups in total. The number of benzene rings is 2. The lowest BCUT2D eigenvalue weighted by molar-refractivity contribution is -0.138. The van der Waals surface area contributed by atoms with Crippen LogP contribution in [-0.4, -0.2) is 41.3 Å². The molecule has 0 saturated carbocycles. The Kier molecular flexibility index (Phi) is 5.26. The number of amides is 1. The molecule has 0 heterocycles. The number of nitrogens with zero attached hydrogens (tertiary/aromatic N) is 1. The van der Waals surface area contributed by atoms with Gasteiger partial charge in [-0.3, -0.25) is 4.79 Å². The van der Waals surface area contributed by atoms with Gasteiger partial charge in [-0.25, -0.2) is 4.79 Å². The third-order valence-electron chi connectivity index (χ3n) is 4.91. The second-order valence-corrected chi connectivity index (χ2v) is 6.54. The van der Waals surface area contributed by atoms with Gasteiger partial charge in [0.05, 0.1) is 6.42 Å². The number of hydrogen-bond donors (Lipinski definition) is 1. The highest BCUT2D eigenvalue weighted by Crippen LogP contribution is 2.44. The van der Waals surface area contributed by atoms with E-state index >= 15 is 0 Å². The Morgan fingerprint density at radius 1 is 1.08 bits per heavy atom. The molecule has 0 spiro atoms. The molecule has 0 saturated heterocycles. The molecule has 2 aromatic rings. The largest absolute Gasteiger partial charge is 0.481 e. The minimum Gasteiger partial charge on any atom is -0.481 e. The zero-order valence-electron chi connectivity index (χ0n) is 15.0. The minimum atomic E-state index is -0.928. The first-order valence-electron chi connectivity index (χ1n) is 8.86. The highest BCUT2D eigenvalue weighted by molar-refractivity contribution is 5.79. The van der Waals surface area contributed by atoms with E-state index in [-0.39, 0.29) is 18.9 Å². The first-order chi connectivity index (χ1) is 12.5. The van der Waals surface area contributed by atoms with Crippen LogP contribution in [0, 0.1) is 0 Å². The SMILES string of the molecule is CCN(C(=O)OCC1c2ccccc2-c2ccccc21)C(C)CC(=O)O. The van der Waals surface area contributed by atoms with Gasteiger partial charge in [0.1, 0.15) is 6.61 Å². The molecule has 2 aromatic carbocycles. The fourth-order valence-corrected chi connectivity index (χ4v) is 3.66. The number of aliphatic carboxylic acids is 1. The number of carbonyl (C=O) groups is 2. The summed E-state index contributed by atoms with van der Waals surface area (Å²) in [6.07, 6.45) is -0.569. The fourth-order valence-electron chi connectivity index (χ4n) is 3.66. The van der Waals surface area contributed by atoms with Crippen molar-refractivity contribution in [3.05, 3.63) is 59.7 Å². The second kappa shape index (κ2) is 7.60. The van der Waals surface area contributed by atoms with Crippen LogP contribution in [0.25, 0.3) is 11.1 Å². The van der Waals surface area contributed by atoms with Gasteiger partial charge < -0.3 is 14.7 Å². The van der Waals surface area contributed by atoms with E-state index in [1.54, 1.807) is 6.92 Å². The molecule has 1 atom stereocenters. The minimum absolute atomic E-state index is 0.000152. The van der Waals surface area contributed by atoms with Crippen LogP contribution in [0.2, 0.25) is 0 Å². The van der Waals surface area contributed by atoms with Gasteiger partial charge in [-0.2, -0.15) is 0 Å². The van der Waals surface area contributed by atoms with Crippen LogP contribution in [0.1, 0.15) is 37.3 Å². The van der Waals surface area contributed by atoms with E-state index in [1.165, 1.54) is 16.0 Å². The number of carbonyl (C=O) groups excluding carboxylic acids is 1. The van der Waals surface area contributed by atoms with Gasteiger partial charge in [0, 0.05) is 18.5 Å². The van der Waals surface area contributed by atoms with E-state index in [4.69, 9.17) is 9.84 Å². The van der Waals surface area contributed by atoms with Crippen LogP contribution in [0.4, 0.5) is 4.79 Å². The van der Waals surface area contributed by atoms with E-state index in [0.717, 1.165) is 11.1 Å². The van der Waals surface area contributed by atoms with E-state index in [2.05, 4.69) is 24.3 Å². The number of fused-ring (bicyclic) bond motifs is 3. The molecule has 1 aliphatic rings. The van der Waals surface area contributed by atoms with Crippen molar-refractivity contribution in [3.63, 3.8) is 0 Å². The Balaban J connectivity index is 1.75. The number of carboxylic acids is 1. The average molecular weight is 353 g/mol. The molecule has 0 aromatic heterocycles. The Hall–Kier alpha value is -2.82. The Morgan fingerprint density at radius 2 is 1.62 bits per heavy atom. The van der Waals surface area contributed by atoms with Crippen LogP contribution in [-0.2, 0) is 9.53 Å². The van der Waals surface area contributed by atoms with Gasteiger partial charge in [-0.15, -0.1) is 0 Å². The van der Waals surface area contributed by atoms with Crippen LogP contribution in [0.3, 0.4) is 0 Å². The molecular weight excluding hydrogens is 330 g/mol. The lowest BCUT2D eigenvalue weighted by Gasteiger charge is -2.27. The summed E-state index contributed by atoms with van der Waals surface area (Å²) in [5, 5.41) is 8.95. The number of rotatable bonds is 6. The maximum absolute atomic E-state index is 12.5. The molecule has 5 heteroatoms. The predicted molar refractivity (Wildman–Crippen MR) is 99.2 cm³/mol. The van der Waals surface area contributed by atoms with Crippen LogP contribution >= 0.6 is 0 Å². The number of hydrogen-bond acceptors (Lipinski definition) is 3. The standard InChI is InChI=1S/C21H23NO4/c1-3-22(14(2)12-20(23)24)21(25)26-13-19-17-10-6-4-8-15(17)16-9-5-7-11-18(16)19/h4-11,14,19H,3,12-13H2,1-2H3,(H,23,24). The Labute approximate surface area is 153 Å². The summed E-state index contributed by atoms with van der Waals surface area (Å²) >= 11 is 0. The molecule has 5 nitrogen and oxygen atoms in total. The zero-order valence-corrected chi connectivity index (χ0v) is 15.0. The molecule has 0 radical (unpaired) electrons. The smallest absolute Gasteiger partial charge is 0.410 e. The normalized spacial score (nSPS) is 13.6. The Bertz CT molecular complexity index is 772. The summed E-state index contributed by atoms with van der Waals surface area (Å²) in [4.78, 5) is 24.9. The summed E-state index contributed by atoms with van der Waals surface area (Å²) in [7, 11) is 0. The van der Waals surface area contributed by atoms with E-state index in [9.17, 15) is 9.59 Å². The van der Waals surface area contributed by atoms with Gasteiger partial charge in [-0.05, 0) is 36.1 Å². The van der Waals surface area contributed by atoms with Crippen molar-refractivity contribution in [2.45, 2.75) is 32.2 Å². The van der Waals surface area contributed by atoms with Gasteiger partial charge in [0.25, 0.3) is 0 Å². The van der Waals surface area contributed by atoms with E-state index in [0.29, 0.717) is 6.54 Å². The topological polar surface area (TPSA) is 66.8 Å². The zero-order chi connectivity index (χ0) is 18.7. The van der Waals surface area contributed by atoms with Crippen molar-refractivity contribution >= 4 is 12.1 Å². The van der Waals surface area contributed by atoms with Gasteiger partial charge >= 0.3 is 12.1 Å². The van der Waals surface area contributed by atoms with Gasteiger partial charge in [0.15, 0.2) is 0 Å². The molecule has 1 unspecified atom stereocenters. The van der Waals surface area contributed by atoms with Crippen molar-refractivity contribution in [1.29, 1.82) is 0 Å². The first kappa shape index (κ1) is 18.0. The fraction of sp³-hybridized carbons (Fsp3) is 0.333. The number of ether oxygens (including phenoxy) is 1. The second-order valence-electron chi connectivity index (χ2n) is 6.54. The average Bonchev–Trinajstić information content (AvgIpc) is 2.94. The third kappa shape index (κ3) is 3.43. The van der Waals surface area contributed by atoms with Crippen LogP contribution < -0.4 is 0 Å². The third-order valence-corrected chi connectivity index (χ3v) is 4.91. The maximum Gasteiger partial charge on any atom is 0.410 e. The quantitative estimate of drug-likeness (QED) is 0.848. The molecule has 1 amide bonds. The monoisotopic (exact) mass is 353 g/mol. The van der Waals surface area contributed by atoms with Gasteiger partial charge in [-0.1, -0.05) is 48.5 Å². The van der Waals surface area contributed by atoms with Crippen LogP contribution in [0.15, 0.2) is 48.5 Å². The molecule has 26 heavy (non-hydrogen) atoms. The summed E-state index contributed by atoms with van der Waals surface area (Å²) in [6.45, 7) is 4.19. The van der Waals surface area contributed by atoms with Crippen molar-refractivity contribution in [1.82, 2.24) is 4.90 Å². The van der Waals surface area contributed by atoms with Gasteiger partial charge in [0.2, 0.25) is 0 Å². The molecule has 1 aliphatic carbocycles. The summed E-state index contributed by atoms with van der Waals surface area (Å²) < 4.78 is 5.59. The lowest BCUT2D eigenvalue weighted by Crippen LogP contribution is -2.40. The molecule has 136 valence electrons. The number of carboxylic acid groups (broad SMARTS) is 1. The molecule has 0 fully saturated rings. The summed E-state index contributed by atoms with van der Waals surface area (Å²) in [5.74, 6) is -0.928. The first-order valence-corrected chi connectivity index (χ1v) is 8.86. The predicted octanol–water partition coefficient (Wildman–Crippen LogP) is 4.12. The van der Waals surface area contributed by atoms with Crippen LogP contribution in [0.5, 0.6) is 0 Å². The summed E-state index contributed by atoms with van der Waals surface area (Å²) in [6, 6.07) is 15.9. The molecule has 0 bridgehead atoms. The van der Waals surface area contributed by atoms with E-state index < -0.39 is 18.1 Å². The van der Waals surface area contributed by atoms with Crippen molar-refractivity contribution in [2.75, 3.05) is 13.2 Å². The molecule has 3 rings (SSSR count). The highest BCUT2D eigenvalue weighted by Gasteiger charge is 2.30. The molecule has 0 aliphatic heterocycles. The van der Waals surface area contributed by atoms with Crippen molar-refractivity contribution in [2.24, 2.45) is 0 Å². The van der Waals surface area contributed by atoms with E-state index in [1.807, 2.05) is 31.2 Å². The highest BCUT2D eigenvalue weighted by atomic mass is 16.6. The van der Waals surface area contributed by atoms with Crippen molar-refractivity contribution in [3.8, 4) is 11.1 Å². The summed E-state index contributed by atoms with van der Waals surface area (Å²) in [5.41, 5.74) is 4.66. The molecular formula is C21H23NO4. The lowest BCUT2D eigenvalue weighted by atomic mass is 9.98. The van der Waals surface area contributed by atoms with Crippen molar-refractivity contribution < 1.29 is 19.4 Å².